The van der Waals surface area contributed by atoms with Crippen molar-refractivity contribution < 1.29 is 13.2 Å². The van der Waals surface area contributed by atoms with Crippen molar-refractivity contribution in [2.75, 3.05) is 5.32 Å². The van der Waals surface area contributed by atoms with Gasteiger partial charge in [0.15, 0.2) is 0 Å². The Labute approximate surface area is 132 Å². The van der Waals surface area contributed by atoms with Crippen LogP contribution in [0.1, 0.15) is 16.7 Å². The van der Waals surface area contributed by atoms with Gasteiger partial charge in [-0.3, -0.25) is 4.98 Å². The Balaban J connectivity index is 2.04. The molecule has 0 fully saturated rings. The SMILES string of the molecule is Cc1ccc(Nc2ccnc3cc(C(F)(F)F)ccc23)c(C)c1. The maximum Gasteiger partial charge on any atom is 0.416 e. The second-order valence-corrected chi connectivity index (χ2v) is 5.53. The van der Waals surface area contributed by atoms with Gasteiger partial charge in [-0.2, -0.15) is 13.2 Å². The molecule has 0 saturated heterocycles. The quantitative estimate of drug-likeness (QED) is 0.664. The minimum atomic E-state index is -4.37. The zero-order valence-corrected chi connectivity index (χ0v) is 12.7. The molecule has 0 amide bonds. The summed E-state index contributed by atoms with van der Waals surface area (Å²) in [5, 5.41) is 3.93. The summed E-state index contributed by atoms with van der Waals surface area (Å²) in [6, 6.07) is 11.4. The highest BCUT2D eigenvalue weighted by molar-refractivity contribution is 5.93. The van der Waals surface area contributed by atoms with Crippen LogP contribution in [0.3, 0.4) is 0 Å². The predicted molar refractivity (Wildman–Crippen MR) is 85.9 cm³/mol. The Morgan fingerprint density at radius 2 is 1.70 bits per heavy atom. The molecule has 0 aliphatic carbocycles. The number of pyridine rings is 1. The highest BCUT2D eigenvalue weighted by atomic mass is 19.4. The van der Waals surface area contributed by atoms with Crippen molar-refractivity contribution in [1.82, 2.24) is 4.98 Å². The first-order valence-electron chi connectivity index (χ1n) is 7.15. The molecule has 0 atom stereocenters. The predicted octanol–water partition coefficient (Wildman–Crippen LogP) is 5.61. The summed E-state index contributed by atoms with van der Waals surface area (Å²) in [5.41, 5.74) is 3.50. The van der Waals surface area contributed by atoms with Gasteiger partial charge in [0.2, 0.25) is 0 Å². The van der Waals surface area contributed by atoms with Gasteiger partial charge in [-0.15, -0.1) is 0 Å². The number of rotatable bonds is 2. The Bertz CT molecular complexity index is 870. The van der Waals surface area contributed by atoms with Gasteiger partial charge in [-0.25, -0.2) is 0 Å². The van der Waals surface area contributed by atoms with Gasteiger partial charge < -0.3 is 5.32 Å². The highest BCUT2D eigenvalue weighted by Crippen LogP contribution is 2.33. The van der Waals surface area contributed by atoms with Gasteiger partial charge in [0.25, 0.3) is 0 Å². The van der Waals surface area contributed by atoms with Crippen molar-refractivity contribution >= 4 is 22.3 Å². The van der Waals surface area contributed by atoms with Gasteiger partial charge in [-0.1, -0.05) is 23.8 Å². The lowest BCUT2D eigenvalue weighted by Crippen LogP contribution is -2.05. The maximum atomic E-state index is 12.8. The van der Waals surface area contributed by atoms with Crippen LogP contribution < -0.4 is 5.32 Å². The van der Waals surface area contributed by atoms with E-state index in [0.29, 0.717) is 10.9 Å². The summed E-state index contributed by atoms with van der Waals surface area (Å²) in [5.74, 6) is 0. The third-order valence-electron chi connectivity index (χ3n) is 3.72. The van der Waals surface area contributed by atoms with Gasteiger partial charge in [0.1, 0.15) is 0 Å². The van der Waals surface area contributed by atoms with E-state index in [9.17, 15) is 13.2 Å². The third-order valence-corrected chi connectivity index (χ3v) is 3.72. The number of alkyl halides is 3. The first kappa shape index (κ1) is 15.3. The van der Waals surface area contributed by atoms with Gasteiger partial charge >= 0.3 is 6.18 Å². The Hall–Kier alpha value is -2.56. The minimum Gasteiger partial charge on any atom is -0.355 e. The Morgan fingerprint density at radius 3 is 2.39 bits per heavy atom. The van der Waals surface area contributed by atoms with Crippen molar-refractivity contribution in [2.45, 2.75) is 20.0 Å². The van der Waals surface area contributed by atoms with E-state index in [1.807, 2.05) is 32.0 Å². The number of aryl methyl sites for hydroxylation is 2. The van der Waals surface area contributed by atoms with Crippen molar-refractivity contribution in [3.63, 3.8) is 0 Å². The molecule has 1 aromatic heterocycles. The number of benzene rings is 2. The number of hydrogen-bond donors (Lipinski definition) is 1. The molecular weight excluding hydrogens is 301 g/mol. The molecule has 0 bridgehead atoms. The third kappa shape index (κ3) is 3.13. The molecule has 1 heterocycles. The summed E-state index contributed by atoms with van der Waals surface area (Å²) >= 11 is 0. The maximum absolute atomic E-state index is 12.8. The van der Waals surface area contributed by atoms with Crippen LogP contribution in [0.2, 0.25) is 0 Å². The van der Waals surface area contributed by atoms with E-state index in [2.05, 4.69) is 10.3 Å². The van der Waals surface area contributed by atoms with Crippen LogP contribution in [0.25, 0.3) is 10.9 Å². The molecule has 1 N–H and O–H groups in total. The highest BCUT2D eigenvalue weighted by Gasteiger charge is 2.30. The van der Waals surface area contributed by atoms with Crippen LogP contribution in [-0.4, -0.2) is 4.98 Å². The van der Waals surface area contributed by atoms with E-state index in [4.69, 9.17) is 0 Å². The second kappa shape index (κ2) is 5.57. The van der Waals surface area contributed by atoms with Crippen molar-refractivity contribution in [1.29, 1.82) is 0 Å². The molecule has 0 spiro atoms. The minimum absolute atomic E-state index is 0.314. The van der Waals surface area contributed by atoms with Crippen LogP contribution >= 0.6 is 0 Å². The van der Waals surface area contributed by atoms with E-state index in [1.54, 1.807) is 6.07 Å². The van der Waals surface area contributed by atoms with Crippen LogP contribution in [0, 0.1) is 13.8 Å². The molecule has 3 rings (SSSR count). The molecule has 0 unspecified atom stereocenters. The van der Waals surface area contributed by atoms with E-state index in [-0.39, 0.29) is 0 Å². The fraction of sp³-hybridized carbons (Fsp3) is 0.167. The molecule has 2 aromatic carbocycles. The fourth-order valence-electron chi connectivity index (χ4n) is 2.53. The fourth-order valence-corrected chi connectivity index (χ4v) is 2.53. The van der Waals surface area contributed by atoms with Crippen LogP contribution in [0.15, 0.2) is 48.7 Å². The number of nitrogens with one attached hydrogen (secondary N) is 1. The van der Waals surface area contributed by atoms with E-state index in [0.717, 1.165) is 34.6 Å². The topological polar surface area (TPSA) is 24.9 Å². The monoisotopic (exact) mass is 316 g/mol. The van der Waals surface area contributed by atoms with E-state index < -0.39 is 11.7 Å². The zero-order chi connectivity index (χ0) is 16.6. The standard InChI is InChI=1S/C18H15F3N2/c1-11-3-6-15(12(2)9-11)23-16-7-8-22-17-10-13(18(19,20)21)4-5-14(16)17/h3-10H,1-2H3,(H,22,23). The number of fused-ring (bicyclic) bond motifs is 1. The van der Waals surface area contributed by atoms with Gasteiger partial charge in [0.05, 0.1) is 11.1 Å². The van der Waals surface area contributed by atoms with Crippen LogP contribution in [-0.2, 0) is 6.18 Å². The number of aromatic nitrogens is 1. The molecule has 5 heteroatoms. The summed E-state index contributed by atoms with van der Waals surface area (Å²) in [4.78, 5) is 4.05. The zero-order valence-electron chi connectivity index (χ0n) is 12.7. The number of nitrogens with zero attached hydrogens (tertiary/aromatic N) is 1. The summed E-state index contributed by atoms with van der Waals surface area (Å²) in [6.45, 7) is 4.00. The average molecular weight is 316 g/mol. The van der Waals surface area contributed by atoms with E-state index >= 15 is 0 Å². The Kier molecular flexibility index (Phi) is 3.72. The smallest absolute Gasteiger partial charge is 0.355 e. The molecule has 0 radical (unpaired) electrons. The first-order chi connectivity index (χ1) is 10.8. The van der Waals surface area contributed by atoms with Crippen LogP contribution in [0.4, 0.5) is 24.5 Å². The van der Waals surface area contributed by atoms with Crippen molar-refractivity contribution in [2.24, 2.45) is 0 Å². The molecule has 3 aromatic rings. The first-order valence-corrected chi connectivity index (χ1v) is 7.15. The molecule has 0 aliphatic rings. The normalized spacial score (nSPS) is 11.7. The lowest BCUT2D eigenvalue weighted by atomic mass is 10.1. The summed E-state index contributed by atoms with van der Waals surface area (Å²) < 4.78 is 38.4. The van der Waals surface area contributed by atoms with Gasteiger partial charge in [-0.05, 0) is 43.7 Å². The van der Waals surface area contributed by atoms with Crippen molar-refractivity contribution in [3.8, 4) is 0 Å². The largest absolute Gasteiger partial charge is 0.416 e. The summed E-state index contributed by atoms with van der Waals surface area (Å²) in [6.07, 6.45) is -2.86. The van der Waals surface area contributed by atoms with E-state index in [1.165, 1.54) is 12.3 Å². The lowest BCUT2D eigenvalue weighted by Gasteiger charge is -2.13. The molecule has 2 nitrogen and oxygen atoms in total. The molecule has 0 saturated carbocycles. The molecule has 0 aliphatic heterocycles. The number of hydrogen-bond acceptors (Lipinski definition) is 2. The van der Waals surface area contributed by atoms with Crippen LogP contribution in [0.5, 0.6) is 0 Å². The lowest BCUT2D eigenvalue weighted by molar-refractivity contribution is -0.137. The second-order valence-electron chi connectivity index (χ2n) is 5.53. The summed E-state index contributed by atoms with van der Waals surface area (Å²) in [7, 11) is 0. The Morgan fingerprint density at radius 1 is 0.913 bits per heavy atom. The number of anilines is 2. The molecule has 23 heavy (non-hydrogen) atoms. The van der Waals surface area contributed by atoms with Gasteiger partial charge in [0, 0.05) is 23.0 Å². The average Bonchev–Trinajstić information content (AvgIpc) is 2.49. The van der Waals surface area contributed by atoms with Crippen molar-refractivity contribution in [3.05, 3.63) is 65.4 Å². The molecule has 118 valence electrons. The molecular formula is C18H15F3N2. The number of halogens is 3.